The zero-order valence-corrected chi connectivity index (χ0v) is 12.8. The van der Waals surface area contributed by atoms with Crippen LogP contribution in [-0.2, 0) is 0 Å². The molecular weight excluding hydrogens is 292 g/mol. The molecule has 6 heteroatoms. The summed E-state index contributed by atoms with van der Waals surface area (Å²) >= 11 is 0. The average molecular weight is 310 g/mol. The number of aromatic nitrogens is 1. The minimum absolute atomic E-state index is 0.0123. The molecule has 0 bridgehead atoms. The van der Waals surface area contributed by atoms with Gasteiger partial charge in [0.25, 0.3) is 5.69 Å². The van der Waals surface area contributed by atoms with Crippen molar-refractivity contribution in [1.82, 2.24) is 4.98 Å². The third kappa shape index (κ3) is 3.24. The number of anilines is 1. The summed E-state index contributed by atoms with van der Waals surface area (Å²) in [6.45, 7) is 0. The van der Waals surface area contributed by atoms with Gasteiger partial charge in [0.15, 0.2) is 0 Å². The van der Waals surface area contributed by atoms with Gasteiger partial charge in [-0.1, -0.05) is 25.7 Å². The predicted molar refractivity (Wildman–Crippen MR) is 88.2 cm³/mol. The summed E-state index contributed by atoms with van der Waals surface area (Å²) < 4.78 is 0. The first-order valence-electron chi connectivity index (χ1n) is 7.93. The van der Waals surface area contributed by atoms with Crippen LogP contribution in [0.5, 0.6) is 0 Å². The standard InChI is InChI=1S/C17H18N4O2/c18-10-12-11-19-16-8-7-14(21(22)23)9-15(16)17(12)20-13-5-3-1-2-4-6-13/h7-9,11,13H,1-6H2,(H,19,20). The molecule has 6 nitrogen and oxygen atoms in total. The number of benzene rings is 1. The molecule has 1 aromatic heterocycles. The fraction of sp³-hybridized carbons (Fsp3) is 0.412. The van der Waals surface area contributed by atoms with Crippen molar-refractivity contribution in [2.45, 2.75) is 44.6 Å². The van der Waals surface area contributed by atoms with Crippen molar-refractivity contribution in [3.63, 3.8) is 0 Å². The van der Waals surface area contributed by atoms with E-state index in [0.717, 1.165) is 12.8 Å². The lowest BCUT2D eigenvalue weighted by Gasteiger charge is -2.19. The average Bonchev–Trinajstić information content (AvgIpc) is 2.83. The topological polar surface area (TPSA) is 91.8 Å². The number of nitrogens with one attached hydrogen (secondary N) is 1. The second kappa shape index (κ2) is 6.61. The largest absolute Gasteiger partial charge is 0.381 e. The molecule has 0 spiro atoms. The Balaban J connectivity index is 2.06. The van der Waals surface area contributed by atoms with E-state index < -0.39 is 4.92 Å². The van der Waals surface area contributed by atoms with Crippen molar-refractivity contribution in [2.75, 3.05) is 5.32 Å². The van der Waals surface area contributed by atoms with Crippen LogP contribution in [0.2, 0.25) is 0 Å². The summed E-state index contributed by atoms with van der Waals surface area (Å²) in [6.07, 6.45) is 8.48. The summed E-state index contributed by atoms with van der Waals surface area (Å²) in [6, 6.07) is 7.02. The maximum absolute atomic E-state index is 11.0. The van der Waals surface area contributed by atoms with Crippen LogP contribution in [0.25, 0.3) is 10.9 Å². The highest BCUT2D eigenvalue weighted by Crippen LogP contribution is 2.31. The molecule has 23 heavy (non-hydrogen) atoms. The number of hydrogen-bond donors (Lipinski definition) is 1. The Bertz CT molecular complexity index is 774. The lowest BCUT2D eigenvalue weighted by molar-refractivity contribution is -0.384. The van der Waals surface area contributed by atoms with Crippen LogP contribution < -0.4 is 5.32 Å². The summed E-state index contributed by atoms with van der Waals surface area (Å²) in [4.78, 5) is 14.9. The molecule has 0 saturated heterocycles. The maximum Gasteiger partial charge on any atom is 0.270 e. The molecule has 0 amide bonds. The van der Waals surface area contributed by atoms with E-state index >= 15 is 0 Å². The van der Waals surface area contributed by atoms with Crippen LogP contribution in [0.4, 0.5) is 11.4 Å². The number of nitriles is 1. The van der Waals surface area contributed by atoms with Gasteiger partial charge in [-0.2, -0.15) is 5.26 Å². The lowest BCUT2D eigenvalue weighted by Crippen LogP contribution is -2.19. The fourth-order valence-corrected chi connectivity index (χ4v) is 3.16. The summed E-state index contributed by atoms with van der Waals surface area (Å²) in [5.41, 5.74) is 1.78. The molecule has 0 atom stereocenters. The third-order valence-electron chi connectivity index (χ3n) is 4.39. The summed E-state index contributed by atoms with van der Waals surface area (Å²) in [5, 5.41) is 24.5. The van der Waals surface area contributed by atoms with E-state index in [0.29, 0.717) is 28.2 Å². The van der Waals surface area contributed by atoms with Crippen LogP contribution >= 0.6 is 0 Å². The minimum atomic E-state index is -0.423. The van der Waals surface area contributed by atoms with Crippen molar-refractivity contribution in [3.8, 4) is 6.07 Å². The number of pyridine rings is 1. The molecule has 1 heterocycles. The van der Waals surface area contributed by atoms with E-state index in [1.807, 2.05) is 0 Å². The van der Waals surface area contributed by atoms with E-state index in [1.165, 1.54) is 44.0 Å². The van der Waals surface area contributed by atoms with Crippen LogP contribution in [0.3, 0.4) is 0 Å². The van der Waals surface area contributed by atoms with Crippen LogP contribution in [0.1, 0.15) is 44.1 Å². The van der Waals surface area contributed by atoms with Crippen molar-refractivity contribution in [1.29, 1.82) is 5.26 Å². The van der Waals surface area contributed by atoms with Crippen LogP contribution in [0, 0.1) is 21.4 Å². The van der Waals surface area contributed by atoms with Gasteiger partial charge in [0, 0.05) is 29.8 Å². The molecule has 118 valence electrons. The van der Waals surface area contributed by atoms with Crippen molar-refractivity contribution < 1.29 is 4.92 Å². The van der Waals surface area contributed by atoms with E-state index in [9.17, 15) is 15.4 Å². The van der Waals surface area contributed by atoms with E-state index in [1.54, 1.807) is 6.07 Å². The van der Waals surface area contributed by atoms with Gasteiger partial charge in [0.2, 0.25) is 0 Å². The van der Waals surface area contributed by atoms with Gasteiger partial charge in [-0.25, -0.2) is 0 Å². The number of nitro groups is 1. The van der Waals surface area contributed by atoms with E-state index in [-0.39, 0.29) is 5.69 Å². The Morgan fingerprint density at radius 2 is 2.00 bits per heavy atom. The Hall–Kier alpha value is -2.68. The van der Waals surface area contributed by atoms with Crippen LogP contribution in [0.15, 0.2) is 24.4 Å². The minimum Gasteiger partial charge on any atom is -0.381 e. The molecule has 2 aromatic rings. The zero-order valence-electron chi connectivity index (χ0n) is 12.8. The van der Waals surface area contributed by atoms with Gasteiger partial charge < -0.3 is 5.32 Å². The van der Waals surface area contributed by atoms with Crippen molar-refractivity contribution in [3.05, 3.63) is 40.1 Å². The smallest absolute Gasteiger partial charge is 0.270 e. The molecule has 0 unspecified atom stereocenters. The highest BCUT2D eigenvalue weighted by Gasteiger charge is 2.18. The Morgan fingerprint density at radius 3 is 2.65 bits per heavy atom. The first kappa shape index (κ1) is 15.2. The normalized spacial score (nSPS) is 15.8. The molecule has 1 aliphatic carbocycles. The summed E-state index contributed by atoms with van der Waals surface area (Å²) in [7, 11) is 0. The number of non-ortho nitro benzene ring substituents is 1. The predicted octanol–water partition coefficient (Wildman–Crippen LogP) is 4.15. The summed E-state index contributed by atoms with van der Waals surface area (Å²) in [5.74, 6) is 0. The lowest BCUT2D eigenvalue weighted by atomic mass is 10.0. The van der Waals surface area contributed by atoms with Crippen LogP contribution in [-0.4, -0.2) is 15.9 Å². The van der Waals surface area contributed by atoms with Gasteiger partial charge >= 0.3 is 0 Å². The number of nitro benzene ring substituents is 1. The molecule has 0 radical (unpaired) electrons. The first-order valence-corrected chi connectivity index (χ1v) is 7.93. The molecule has 1 fully saturated rings. The van der Waals surface area contributed by atoms with Gasteiger partial charge in [0.1, 0.15) is 6.07 Å². The van der Waals surface area contributed by atoms with E-state index in [2.05, 4.69) is 16.4 Å². The monoisotopic (exact) mass is 310 g/mol. The quantitative estimate of drug-likeness (QED) is 0.522. The SMILES string of the molecule is N#Cc1cnc2ccc([N+](=O)[O-])cc2c1NC1CCCCCC1. The number of nitrogens with zero attached hydrogens (tertiary/aromatic N) is 3. The molecule has 1 N–H and O–H groups in total. The molecular formula is C17H18N4O2. The molecule has 3 rings (SSSR count). The van der Waals surface area contributed by atoms with Gasteiger partial charge in [-0.05, 0) is 18.9 Å². The molecule has 1 saturated carbocycles. The Kier molecular flexibility index (Phi) is 4.38. The van der Waals surface area contributed by atoms with Crippen molar-refractivity contribution >= 4 is 22.3 Å². The highest BCUT2D eigenvalue weighted by molar-refractivity contribution is 5.95. The van der Waals surface area contributed by atoms with Gasteiger partial charge in [0.05, 0.1) is 21.7 Å². The maximum atomic E-state index is 11.0. The Labute approximate surface area is 134 Å². The highest BCUT2D eigenvalue weighted by atomic mass is 16.6. The fourth-order valence-electron chi connectivity index (χ4n) is 3.16. The zero-order chi connectivity index (χ0) is 16.2. The van der Waals surface area contributed by atoms with Crippen molar-refractivity contribution in [2.24, 2.45) is 0 Å². The second-order valence-electron chi connectivity index (χ2n) is 5.95. The van der Waals surface area contributed by atoms with Gasteiger partial charge in [-0.3, -0.25) is 15.1 Å². The van der Waals surface area contributed by atoms with Gasteiger partial charge in [-0.15, -0.1) is 0 Å². The number of hydrogen-bond acceptors (Lipinski definition) is 5. The molecule has 1 aliphatic rings. The number of rotatable bonds is 3. The molecule has 0 aliphatic heterocycles. The second-order valence-corrected chi connectivity index (χ2v) is 5.95. The Morgan fingerprint density at radius 1 is 1.26 bits per heavy atom. The third-order valence-corrected chi connectivity index (χ3v) is 4.39. The number of fused-ring (bicyclic) bond motifs is 1. The molecule has 1 aromatic carbocycles. The van der Waals surface area contributed by atoms with E-state index in [4.69, 9.17) is 0 Å². The first-order chi connectivity index (χ1) is 11.2.